The van der Waals surface area contributed by atoms with Crippen molar-refractivity contribution in [3.63, 3.8) is 0 Å². The lowest BCUT2D eigenvalue weighted by Crippen LogP contribution is -2.54. The zero-order chi connectivity index (χ0) is 63.0. The summed E-state index contributed by atoms with van der Waals surface area (Å²) in [6.45, 7) is 23.8. The predicted octanol–water partition coefficient (Wildman–Crippen LogP) is 10.9. The van der Waals surface area contributed by atoms with E-state index in [2.05, 4.69) is 41.6 Å². The number of carbonyl (C=O) groups is 2. The average Bonchev–Trinajstić information content (AvgIpc) is 1.72. The number of ether oxygens (including phenoxy) is 2. The summed E-state index contributed by atoms with van der Waals surface area (Å²) in [7, 11) is 0. The second-order valence-electron chi connectivity index (χ2n) is 23.8. The summed E-state index contributed by atoms with van der Waals surface area (Å²) in [5, 5.41) is 0.311. The standard InChI is InChI=1S/C67H70F4N12O6/c1-9-53(84)78-26-28-80(39(3)37-78)61-45-34-50(71)58-56-48(69)32-41(33-52(56)89-31-13-11-16-42(22-24-72-7)59(43-20-21-43)82(63(45)74-58)65(86)76-61)36-67(5,6)60-44(23-25-73-8)17-12-14-30-88-51-19-15-18-47(68)55(51)57-49(70)35-46-62(77-66(87)83(60)64(46)75-57)81-29-27-79(38-40(81)4)54(85)10-2/h9-10,15,18-19,22-25,32-35,39-40,43H,1-2,7-8,11-14,16-17,20-21,26-31,36-38H2,3-6H3/b24-22-,25-23-,59-42+,60-44+/t39-,40-/m0/s1. The summed E-state index contributed by atoms with van der Waals surface area (Å²) in [4.78, 5) is 90.2. The van der Waals surface area contributed by atoms with Gasteiger partial charge in [0.2, 0.25) is 11.8 Å². The highest BCUT2D eigenvalue weighted by atomic mass is 19.1. The fourth-order valence-corrected chi connectivity index (χ4v) is 13.0. The first-order chi connectivity index (χ1) is 42.8. The molecular weight excluding hydrogens is 1140 g/mol. The Balaban J connectivity index is 1.10. The molecule has 2 atom stereocenters. The number of pyridine rings is 2. The number of hydrogen-bond donors (Lipinski definition) is 0. The fourth-order valence-electron chi connectivity index (χ4n) is 13.0. The van der Waals surface area contributed by atoms with Gasteiger partial charge in [0.25, 0.3) is 0 Å². The number of hydrogen-bond acceptors (Lipinski definition) is 14. The van der Waals surface area contributed by atoms with E-state index in [-0.39, 0.29) is 139 Å². The second-order valence-corrected chi connectivity index (χ2v) is 23.8. The molecular formula is C67H70F4N12O6. The highest BCUT2D eigenvalue weighted by Gasteiger charge is 2.38. The first-order valence-electron chi connectivity index (χ1n) is 30.1. The van der Waals surface area contributed by atoms with Crippen LogP contribution in [0.5, 0.6) is 11.5 Å². The molecule has 8 heterocycles. The Morgan fingerprint density at radius 1 is 0.652 bits per heavy atom. The van der Waals surface area contributed by atoms with Crippen molar-refractivity contribution in [2.45, 2.75) is 97.6 Å². The molecule has 2 aromatic carbocycles. The van der Waals surface area contributed by atoms with Gasteiger partial charge in [-0.1, -0.05) is 33.1 Å². The Hall–Kier alpha value is -9.34. The van der Waals surface area contributed by atoms with Crippen molar-refractivity contribution in [1.82, 2.24) is 38.9 Å². The van der Waals surface area contributed by atoms with E-state index in [1.54, 1.807) is 28.1 Å². The van der Waals surface area contributed by atoms with Gasteiger partial charge in [-0.3, -0.25) is 19.6 Å². The molecule has 11 rings (SSSR count). The topological polar surface area (TPSA) is 186 Å². The van der Waals surface area contributed by atoms with Crippen LogP contribution in [-0.2, 0) is 16.0 Å². The number of halogens is 4. The van der Waals surface area contributed by atoms with Crippen LogP contribution in [-0.4, -0.2) is 129 Å². The summed E-state index contributed by atoms with van der Waals surface area (Å²) in [5.41, 5.74) is -1.43. The normalized spacial score (nSPS) is 20.4. The lowest BCUT2D eigenvalue weighted by molar-refractivity contribution is -0.127. The third kappa shape index (κ3) is 12.0. The Labute approximate surface area is 512 Å². The number of amides is 2. The zero-order valence-electron chi connectivity index (χ0n) is 50.4. The smallest absolute Gasteiger partial charge is 0.355 e. The molecule has 0 spiro atoms. The Bertz CT molecular complexity index is 4170. The molecule has 6 aromatic rings. The molecule has 1 saturated carbocycles. The van der Waals surface area contributed by atoms with Gasteiger partial charge in [0.1, 0.15) is 46.2 Å². The number of fused-ring (bicyclic) bond motifs is 6. The zero-order valence-corrected chi connectivity index (χ0v) is 50.4. The van der Waals surface area contributed by atoms with E-state index in [9.17, 15) is 14.4 Å². The maximum atomic E-state index is 18.0. The van der Waals surface area contributed by atoms with E-state index in [0.717, 1.165) is 18.4 Å². The molecule has 2 saturated heterocycles. The molecule has 4 aromatic heterocycles. The van der Waals surface area contributed by atoms with Crippen LogP contribution in [0.15, 0.2) is 123 Å². The van der Waals surface area contributed by atoms with Crippen LogP contribution in [0, 0.1) is 34.6 Å². The number of aliphatic imine (C=N–C) groups is 2. The lowest BCUT2D eigenvalue weighted by atomic mass is 9.79. The van der Waals surface area contributed by atoms with Crippen LogP contribution < -0.4 is 30.7 Å². The summed E-state index contributed by atoms with van der Waals surface area (Å²) < 4.78 is 84.5. The molecule has 4 bridgehead atoms. The third-order valence-electron chi connectivity index (χ3n) is 17.2. The van der Waals surface area contributed by atoms with E-state index in [1.807, 2.05) is 43.6 Å². The molecule has 0 radical (unpaired) electrons. The highest BCUT2D eigenvalue weighted by Crippen LogP contribution is 2.47. The van der Waals surface area contributed by atoms with Crippen LogP contribution in [0.25, 0.3) is 56.0 Å². The van der Waals surface area contributed by atoms with Crippen molar-refractivity contribution in [2.24, 2.45) is 21.3 Å². The highest BCUT2D eigenvalue weighted by molar-refractivity contribution is 5.94. The van der Waals surface area contributed by atoms with Crippen molar-refractivity contribution in [1.29, 1.82) is 0 Å². The third-order valence-corrected chi connectivity index (χ3v) is 17.2. The van der Waals surface area contributed by atoms with Gasteiger partial charge >= 0.3 is 11.4 Å². The Morgan fingerprint density at radius 3 is 1.71 bits per heavy atom. The molecule has 462 valence electrons. The fraction of sp³-hybridized carbons (Fsp3) is 0.373. The quantitative estimate of drug-likeness (QED) is 0.0642. The molecule has 5 aliphatic rings. The lowest BCUT2D eigenvalue weighted by Gasteiger charge is -2.40. The number of carbonyl (C=O) groups excluding carboxylic acids is 2. The molecule has 4 aliphatic heterocycles. The number of aromatic nitrogens is 6. The average molecular weight is 1220 g/mol. The van der Waals surface area contributed by atoms with Crippen molar-refractivity contribution < 1.29 is 36.6 Å². The Morgan fingerprint density at radius 2 is 1.17 bits per heavy atom. The minimum Gasteiger partial charge on any atom is -0.493 e. The predicted molar refractivity (Wildman–Crippen MR) is 338 cm³/mol. The van der Waals surface area contributed by atoms with Crippen molar-refractivity contribution >= 4 is 70.3 Å². The minimum atomic E-state index is -1.23. The molecule has 1 aliphatic carbocycles. The summed E-state index contributed by atoms with van der Waals surface area (Å²) in [5.74, 6) is -3.86. The van der Waals surface area contributed by atoms with Gasteiger partial charge in [0, 0.05) is 86.5 Å². The number of nitrogens with zero attached hydrogens (tertiary/aromatic N) is 12. The second kappa shape index (κ2) is 25.4. The molecule has 89 heavy (non-hydrogen) atoms. The summed E-state index contributed by atoms with van der Waals surface area (Å²) >= 11 is 0. The minimum absolute atomic E-state index is 0.0247. The van der Waals surface area contributed by atoms with Gasteiger partial charge in [0.15, 0.2) is 22.9 Å². The van der Waals surface area contributed by atoms with E-state index >= 15 is 22.4 Å². The monoisotopic (exact) mass is 1210 g/mol. The molecule has 22 heteroatoms. The van der Waals surface area contributed by atoms with E-state index < -0.39 is 57.5 Å². The van der Waals surface area contributed by atoms with Crippen LogP contribution in [0.1, 0.15) is 84.6 Å². The summed E-state index contributed by atoms with van der Waals surface area (Å²) in [6.07, 6.45) is 13.2. The van der Waals surface area contributed by atoms with Gasteiger partial charge in [-0.15, -0.1) is 0 Å². The number of benzene rings is 2. The maximum Gasteiger partial charge on any atom is 0.355 e. The van der Waals surface area contributed by atoms with Gasteiger partial charge in [-0.2, -0.15) is 9.97 Å². The largest absolute Gasteiger partial charge is 0.493 e. The first kappa shape index (κ1) is 61.3. The van der Waals surface area contributed by atoms with Gasteiger partial charge in [-0.25, -0.2) is 46.3 Å². The maximum absolute atomic E-state index is 18.0. The number of anilines is 2. The SMILES string of the molecule is C=CC(=O)N1CCN(c2nc(=O)n3c4nc(c(F)cc24)-c2c(F)cc(CC(C)(C)/C4=C(\C=C/N=C)CCCCOc5cccc(F)c5-c5nc6c(cc5F)c(N5CCN(C(=O)C=C)C[C@@H]5C)nc(=O)n64)cc2OCCCCC(/C=C\N=C)=C\3C2CC2)[C@@H](C)C1. The van der Waals surface area contributed by atoms with Crippen LogP contribution in [0.3, 0.4) is 0 Å². The number of allylic oxidation sites excluding steroid dienone is 6. The van der Waals surface area contributed by atoms with Gasteiger partial charge in [0.05, 0.1) is 35.1 Å². The van der Waals surface area contributed by atoms with Crippen LogP contribution in [0.2, 0.25) is 0 Å². The van der Waals surface area contributed by atoms with E-state index in [1.165, 1.54) is 63.9 Å². The molecule has 0 N–H and O–H groups in total. The molecule has 18 nitrogen and oxygen atoms in total. The Kier molecular flexibility index (Phi) is 17.5. The summed E-state index contributed by atoms with van der Waals surface area (Å²) in [6, 6.07) is 8.69. The number of piperazine rings is 2. The van der Waals surface area contributed by atoms with Crippen molar-refractivity contribution in [2.75, 3.05) is 62.3 Å². The number of rotatable bonds is 12. The molecule has 2 amide bonds. The first-order valence-corrected chi connectivity index (χ1v) is 30.1. The van der Waals surface area contributed by atoms with Crippen LogP contribution >= 0.6 is 0 Å². The van der Waals surface area contributed by atoms with E-state index in [4.69, 9.17) is 24.4 Å². The van der Waals surface area contributed by atoms with E-state index in [0.29, 0.717) is 61.1 Å². The molecule has 0 unspecified atom stereocenters. The van der Waals surface area contributed by atoms with Crippen molar-refractivity contribution in [3.05, 3.63) is 153 Å². The molecule has 3 fully saturated rings. The van der Waals surface area contributed by atoms with Gasteiger partial charge in [-0.05, 0) is 162 Å². The van der Waals surface area contributed by atoms with Crippen molar-refractivity contribution in [3.8, 4) is 34.0 Å². The van der Waals surface area contributed by atoms with Crippen LogP contribution in [0.4, 0.5) is 29.2 Å². The van der Waals surface area contributed by atoms with Gasteiger partial charge < -0.3 is 29.1 Å².